The molecule has 4 aromatic carbocycles. The van der Waals surface area contributed by atoms with Gasteiger partial charge in [0.25, 0.3) is 0 Å². The summed E-state index contributed by atoms with van der Waals surface area (Å²) >= 11 is 0. The van der Waals surface area contributed by atoms with Gasteiger partial charge in [-0.3, -0.25) is 38.4 Å². The number of rotatable bonds is 30. The maximum atomic E-state index is 14.7. The van der Waals surface area contributed by atoms with Crippen molar-refractivity contribution >= 4 is 53.2 Å². The van der Waals surface area contributed by atoms with Crippen LogP contribution in [0.25, 0.3) is 0 Å². The van der Waals surface area contributed by atoms with Gasteiger partial charge in [-0.25, -0.2) is 4.79 Å². The van der Waals surface area contributed by atoms with E-state index in [2.05, 4.69) is 42.5 Å². The zero-order valence-electron chi connectivity index (χ0n) is 53.6. The van der Waals surface area contributed by atoms with Gasteiger partial charge in [0.05, 0.1) is 50.6 Å². The van der Waals surface area contributed by atoms with E-state index in [-0.39, 0.29) is 100 Å². The maximum absolute atomic E-state index is 14.7. The van der Waals surface area contributed by atoms with Crippen LogP contribution in [-0.4, -0.2) is 189 Å². The molecule has 4 aliphatic heterocycles. The van der Waals surface area contributed by atoms with Gasteiger partial charge in [0.15, 0.2) is 0 Å². The van der Waals surface area contributed by atoms with Crippen molar-refractivity contribution in [3.8, 4) is 0 Å². The molecule has 0 aliphatic carbocycles. The largest absolute Gasteiger partial charge is 0.490 e. The second kappa shape index (κ2) is 36.4. The first-order chi connectivity index (χ1) is 45.3. The first kappa shape index (κ1) is 73.1. The number of hydrogen-bond donors (Lipinski definition) is 9. The molecule has 4 fully saturated rings. The van der Waals surface area contributed by atoms with Gasteiger partial charge in [-0.15, -0.1) is 0 Å². The molecule has 10 atom stereocenters. The van der Waals surface area contributed by atoms with E-state index in [9.17, 15) is 51.5 Å². The molecule has 510 valence electrons. The molecule has 0 bridgehead atoms. The van der Waals surface area contributed by atoms with E-state index in [0.717, 1.165) is 22.3 Å². The SMILES string of the molecule is CC[C@H](NC)C(=O)N[C@@H]1C(=O)N2[C@@H](CC[C@@H]1CNC(=O)COCCOCCOCC(=O)NC[C@H]1CC[C@H]3CC[C@@H](C(=O)NC(c4ccccc4)c4ccccc4)N3C(=O)[C@H]1NC(=O)[C@H](CC)NC)CC[C@H]2C(=O)NC(c1ccccc1)c1ccccc1.O=C(O)C(F)(F)F. The molecule has 0 spiro atoms. The van der Waals surface area contributed by atoms with Crippen LogP contribution in [0.1, 0.15) is 112 Å². The molecule has 0 unspecified atom stereocenters. The summed E-state index contributed by atoms with van der Waals surface area (Å²) in [7, 11) is 3.37. The summed E-state index contributed by atoms with van der Waals surface area (Å²) in [6.45, 7) is 3.82. The Hall–Kier alpha value is -8.30. The average Bonchev–Trinajstić information content (AvgIpc) is 1.61. The average molecular weight is 1310 g/mol. The highest BCUT2D eigenvalue weighted by Gasteiger charge is 2.50. The highest BCUT2D eigenvalue weighted by atomic mass is 19.4. The molecule has 9 N–H and O–H groups in total. The molecule has 8 rings (SSSR count). The number of carbonyl (C=O) groups excluding carboxylic acids is 8. The van der Waals surface area contributed by atoms with Gasteiger partial charge >= 0.3 is 12.1 Å². The van der Waals surface area contributed by atoms with Gasteiger partial charge in [-0.05, 0) is 101 Å². The fourth-order valence-electron chi connectivity index (χ4n) is 12.8. The molecule has 23 nitrogen and oxygen atoms in total. The van der Waals surface area contributed by atoms with E-state index in [1.807, 2.05) is 135 Å². The smallest absolute Gasteiger partial charge is 0.475 e. The lowest BCUT2D eigenvalue weighted by atomic mass is 9.92. The Bertz CT molecular complexity index is 2840. The number of fused-ring (bicyclic) bond motifs is 2. The molecule has 4 saturated heterocycles. The van der Waals surface area contributed by atoms with Crippen molar-refractivity contribution in [3.63, 3.8) is 0 Å². The number of nitrogens with one attached hydrogen (secondary N) is 8. The number of halogens is 3. The van der Waals surface area contributed by atoms with Crippen molar-refractivity contribution in [1.82, 2.24) is 52.3 Å². The molecule has 4 aliphatic rings. The number of amides is 8. The summed E-state index contributed by atoms with van der Waals surface area (Å²) in [5.41, 5.74) is 3.63. The van der Waals surface area contributed by atoms with Crippen molar-refractivity contribution in [1.29, 1.82) is 0 Å². The second-order valence-corrected chi connectivity index (χ2v) is 23.8. The Morgan fingerprint density at radius 1 is 0.500 bits per heavy atom. The Labute approximate surface area is 546 Å². The van der Waals surface area contributed by atoms with Gasteiger partial charge in [0, 0.05) is 37.0 Å². The third kappa shape index (κ3) is 20.4. The number of nitrogens with zero attached hydrogens (tertiary/aromatic N) is 2. The zero-order valence-corrected chi connectivity index (χ0v) is 53.6. The minimum Gasteiger partial charge on any atom is -0.475 e. The predicted molar refractivity (Wildman–Crippen MR) is 341 cm³/mol. The number of carboxylic acids is 1. The lowest BCUT2D eigenvalue weighted by Gasteiger charge is -2.33. The molecule has 0 saturated carbocycles. The quantitative estimate of drug-likeness (QED) is 0.0330. The molecule has 0 radical (unpaired) electrons. The zero-order chi connectivity index (χ0) is 67.7. The van der Waals surface area contributed by atoms with Crippen LogP contribution in [0.3, 0.4) is 0 Å². The monoisotopic (exact) mass is 1310 g/mol. The number of ether oxygens (including phenoxy) is 3. The lowest BCUT2D eigenvalue weighted by molar-refractivity contribution is -0.192. The highest BCUT2D eigenvalue weighted by molar-refractivity contribution is 5.96. The molecular formula is C68H89F3N10O13. The summed E-state index contributed by atoms with van der Waals surface area (Å²) in [5, 5.41) is 31.4. The van der Waals surface area contributed by atoms with Gasteiger partial charge in [-0.1, -0.05) is 135 Å². The van der Waals surface area contributed by atoms with Crippen LogP contribution in [0.4, 0.5) is 13.2 Å². The van der Waals surface area contributed by atoms with Crippen LogP contribution < -0.4 is 42.5 Å². The molecule has 8 amide bonds. The standard InChI is InChI=1S/C66H88N10O11.C2HF3O2/c1-5-51(67-3)61(79)73-59-47(27-29-49-31-33-53(75(49)65(59)83)63(81)71-57(43-19-11-7-12-20-43)44-21-13-8-14-22-44)39-69-55(77)41-86-37-35-85-36-38-87-42-56(78)70-40-48-28-30-50-32-34-54(76(50)66(84)60(48)74-62(80)52(6-2)68-4)64(82)72-58(45-23-15-9-16-24-45)46-25-17-10-18-26-46;3-2(4,5)1(6)7/h7-26,47-54,57-60,67-68H,5-6,27-42H2,1-4H3,(H,69,77)(H,70,78)(H,71,81)(H,72,82)(H,73,79)(H,74,80);(H,6,7)/t47-,48-,49+,50+,51+,52+,53+,54+,59+,60+;/m1./s1. The number of carbonyl (C=O) groups is 9. The van der Waals surface area contributed by atoms with Crippen molar-refractivity contribution in [3.05, 3.63) is 144 Å². The molecule has 0 aromatic heterocycles. The van der Waals surface area contributed by atoms with Crippen LogP contribution in [0.15, 0.2) is 121 Å². The molecule has 4 heterocycles. The van der Waals surface area contributed by atoms with E-state index in [1.54, 1.807) is 23.9 Å². The first-order valence-corrected chi connectivity index (χ1v) is 32.2. The summed E-state index contributed by atoms with van der Waals surface area (Å²) in [4.78, 5) is 124. The van der Waals surface area contributed by atoms with E-state index in [0.29, 0.717) is 64.2 Å². The minimum absolute atomic E-state index is 0.0865. The summed E-state index contributed by atoms with van der Waals surface area (Å²) in [6, 6.07) is 32.9. The summed E-state index contributed by atoms with van der Waals surface area (Å²) in [5.74, 6) is -6.43. The third-order valence-electron chi connectivity index (χ3n) is 17.8. The number of likely N-dealkylation sites (N-methyl/N-ethyl adjacent to an activating group) is 2. The Balaban J connectivity index is 0.00000169. The van der Waals surface area contributed by atoms with Crippen LogP contribution in [0.2, 0.25) is 0 Å². The lowest BCUT2D eigenvalue weighted by Crippen LogP contribution is -2.59. The maximum Gasteiger partial charge on any atom is 0.490 e. The van der Waals surface area contributed by atoms with Crippen LogP contribution in [0, 0.1) is 11.8 Å². The summed E-state index contributed by atoms with van der Waals surface area (Å²) < 4.78 is 48.6. The number of hydrogen-bond acceptors (Lipinski definition) is 14. The minimum atomic E-state index is -5.08. The van der Waals surface area contributed by atoms with Crippen LogP contribution >= 0.6 is 0 Å². The van der Waals surface area contributed by atoms with Crippen molar-refractivity contribution < 1.29 is 75.6 Å². The Kier molecular flexibility index (Phi) is 28.3. The van der Waals surface area contributed by atoms with Gasteiger partial charge in [0.1, 0.15) is 37.4 Å². The summed E-state index contributed by atoms with van der Waals surface area (Å²) in [6.07, 6.45) is 0.316. The number of carboxylic acid groups (broad SMARTS) is 1. The molecule has 4 aromatic rings. The van der Waals surface area contributed by atoms with E-state index in [1.165, 1.54) is 0 Å². The van der Waals surface area contributed by atoms with Gasteiger partial charge in [-0.2, -0.15) is 13.2 Å². The molecular weight excluding hydrogens is 1220 g/mol. The van der Waals surface area contributed by atoms with E-state index in [4.69, 9.17) is 24.1 Å². The fourth-order valence-corrected chi connectivity index (χ4v) is 12.8. The topological polar surface area (TPSA) is 304 Å². The Morgan fingerprint density at radius 3 is 1.11 bits per heavy atom. The van der Waals surface area contributed by atoms with Crippen molar-refractivity contribution in [2.45, 2.75) is 145 Å². The molecule has 94 heavy (non-hydrogen) atoms. The highest BCUT2D eigenvalue weighted by Crippen LogP contribution is 2.37. The normalized spacial score (nSPS) is 21.7. The predicted octanol–water partition coefficient (Wildman–Crippen LogP) is 4.22. The third-order valence-corrected chi connectivity index (χ3v) is 17.8. The fraction of sp³-hybridized carbons (Fsp3) is 0.515. The van der Waals surface area contributed by atoms with Crippen molar-refractivity contribution in [2.75, 3.05) is 66.8 Å². The number of benzene rings is 4. The van der Waals surface area contributed by atoms with Crippen molar-refractivity contribution in [2.24, 2.45) is 11.8 Å². The van der Waals surface area contributed by atoms with Crippen LogP contribution in [0.5, 0.6) is 0 Å². The van der Waals surface area contributed by atoms with Crippen LogP contribution in [-0.2, 0) is 57.4 Å². The molecule has 26 heteroatoms. The van der Waals surface area contributed by atoms with Gasteiger partial charge < -0.3 is 71.7 Å². The van der Waals surface area contributed by atoms with E-state index < -0.39 is 84.1 Å². The Morgan fingerprint density at radius 2 is 0.809 bits per heavy atom. The van der Waals surface area contributed by atoms with Gasteiger partial charge in [0.2, 0.25) is 47.3 Å². The first-order valence-electron chi connectivity index (χ1n) is 32.2. The number of alkyl halides is 3. The second-order valence-electron chi connectivity index (χ2n) is 23.8. The number of aliphatic carboxylic acids is 1. The van der Waals surface area contributed by atoms with E-state index >= 15 is 0 Å².